The molecule has 0 aliphatic carbocycles. The highest BCUT2D eigenvalue weighted by Gasteiger charge is 2.24. The van der Waals surface area contributed by atoms with Crippen LogP contribution in [0.5, 0.6) is 0 Å². The fraction of sp³-hybridized carbons (Fsp3) is 0.240. The number of hydrogen-bond acceptors (Lipinski definition) is 5. The van der Waals surface area contributed by atoms with Gasteiger partial charge in [-0.05, 0) is 60.4 Å². The maximum Gasteiger partial charge on any atom is 0.254 e. The third kappa shape index (κ3) is 7.18. The van der Waals surface area contributed by atoms with Crippen LogP contribution in [0.1, 0.15) is 21.5 Å². The highest BCUT2D eigenvalue weighted by Crippen LogP contribution is 2.45. The van der Waals surface area contributed by atoms with E-state index in [1.54, 1.807) is 42.5 Å². The van der Waals surface area contributed by atoms with Gasteiger partial charge in [0.15, 0.2) is 9.84 Å². The van der Waals surface area contributed by atoms with Crippen LogP contribution < -0.4 is 10.6 Å². The van der Waals surface area contributed by atoms with Gasteiger partial charge in [-0.1, -0.05) is 53.5 Å². The van der Waals surface area contributed by atoms with Crippen molar-refractivity contribution in [3.8, 4) is 0 Å². The van der Waals surface area contributed by atoms with Crippen LogP contribution in [0.25, 0.3) is 0 Å². The lowest BCUT2D eigenvalue weighted by atomic mass is 10.1. The van der Waals surface area contributed by atoms with E-state index in [-0.39, 0.29) is 33.2 Å². The van der Waals surface area contributed by atoms with Crippen molar-refractivity contribution in [2.45, 2.75) is 17.7 Å². The van der Waals surface area contributed by atoms with Crippen LogP contribution in [-0.2, 0) is 31.8 Å². The first-order valence-corrected chi connectivity index (χ1v) is 15.2. The number of sulfone groups is 1. The fourth-order valence-electron chi connectivity index (χ4n) is 3.58. The van der Waals surface area contributed by atoms with Crippen molar-refractivity contribution in [3.05, 3.63) is 93.5 Å². The molecule has 0 spiro atoms. The molecule has 0 fully saturated rings. The van der Waals surface area contributed by atoms with Gasteiger partial charge < -0.3 is 9.84 Å². The average molecular weight is 554 g/mol. The third-order valence-corrected chi connectivity index (χ3v) is 9.69. The predicted octanol–water partition coefficient (Wildman–Crippen LogP) is 5.16. The molecule has 3 aromatic carbocycles. The summed E-state index contributed by atoms with van der Waals surface area (Å²) in [6, 6.07) is 18.9. The van der Waals surface area contributed by atoms with Crippen LogP contribution in [0.4, 0.5) is 0 Å². The molecule has 0 heterocycles. The molecule has 0 bridgehead atoms. The minimum absolute atomic E-state index is 0.153. The van der Waals surface area contributed by atoms with Crippen LogP contribution in [0.2, 0.25) is 10.0 Å². The first kappa shape index (κ1) is 27.4. The summed E-state index contributed by atoms with van der Waals surface area (Å²) in [7, 11) is -4.92. The molecule has 1 unspecified atom stereocenters. The molecule has 3 aromatic rings. The van der Waals surface area contributed by atoms with E-state index in [0.29, 0.717) is 18.1 Å². The predicted molar refractivity (Wildman–Crippen MR) is 141 cm³/mol. The number of nitrogens with one attached hydrogen (secondary N) is 1. The SMILES string of the molecule is COP(=O)(CCc1cc(Cl)c(C(=O)NCCc2cccc(S(C)(=O)=O)c2)c(Cl)c1)c1ccccc1. The molecule has 10 heteroatoms. The van der Waals surface area contributed by atoms with Crippen molar-refractivity contribution in [3.63, 3.8) is 0 Å². The van der Waals surface area contributed by atoms with Gasteiger partial charge in [0, 0.05) is 31.4 Å². The molecule has 0 radical (unpaired) electrons. The summed E-state index contributed by atoms with van der Waals surface area (Å²) in [6.07, 6.45) is 2.25. The van der Waals surface area contributed by atoms with Crippen molar-refractivity contribution in [1.29, 1.82) is 0 Å². The Hall–Kier alpha value is -2.15. The maximum atomic E-state index is 13.2. The number of halogens is 2. The van der Waals surface area contributed by atoms with E-state index in [0.717, 1.165) is 17.4 Å². The minimum atomic E-state index is -3.30. The van der Waals surface area contributed by atoms with Gasteiger partial charge in [0.05, 0.1) is 20.5 Å². The van der Waals surface area contributed by atoms with Gasteiger partial charge in [0.1, 0.15) is 0 Å². The molecule has 0 aliphatic rings. The maximum absolute atomic E-state index is 13.2. The molecule has 186 valence electrons. The quantitative estimate of drug-likeness (QED) is 0.350. The van der Waals surface area contributed by atoms with Crippen LogP contribution in [0.15, 0.2) is 71.6 Å². The van der Waals surface area contributed by atoms with Gasteiger partial charge in [-0.15, -0.1) is 0 Å². The van der Waals surface area contributed by atoms with E-state index >= 15 is 0 Å². The molecule has 0 saturated carbocycles. The highest BCUT2D eigenvalue weighted by molar-refractivity contribution is 7.90. The molecule has 0 aromatic heterocycles. The fourth-order valence-corrected chi connectivity index (χ4v) is 6.81. The summed E-state index contributed by atoms with van der Waals surface area (Å²) < 4.78 is 42.0. The lowest BCUT2D eigenvalue weighted by Crippen LogP contribution is -2.26. The summed E-state index contributed by atoms with van der Waals surface area (Å²) in [5, 5.41) is 3.79. The molecular weight excluding hydrogens is 528 g/mol. The molecule has 0 saturated heterocycles. The zero-order valence-electron chi connectivity index (χ0n) is 19.3. The summed E-state index contributed by atoms with van der Waals surface area (Å²) in [4.78, 5) is 13.0. The van der Waals surface area contributed by atoms with Crippen molar-refractivity contribution in [1.82, 2.24) is 5.32 Å². The van der Waals surface area contributed by atoms with Crippen LogP contribution >= 0.6 is 30.6 Å². The summed E-state index contributed by atoms with van der Waals surface area (Å²) in [5.74, 6) is -0.433. The standard InChI is InChI=1S/C25H26Cl2NO5PS/c1-33-34(30,20-8-4-3-5-9-20)14-12-19-16-22(26)24(23(27)17-19)25(29)28-13-11-18-7-6-10-21(15-18)35(2,31)32/h3-10,15-17H,11-14H2,1-2H3,(H,28,29). The summed E-state index contributed by atoms with van der Waals surface area (Å²) in [5.41, 5.74) is 1.67. The molecule has 6 nitrogen and oxygen atoms in total. The first-order valence-electron chi connectivity index (χ1n) is 10.8. The Labute approximate surface area is 216 Å². The van der Waals surface area contributed by atoms with E-state index < -0.39 is 23.1 Å². The number of rotatable bonds is 10. The third-order valence-electron chi connectivity index (χ3n) is 5.49. The molecule has 35 heavy (non-hydrogen) atoms. The highest BCUT2D eigenvalue weighted by atomic mass is 35.5. The lowest BCUT2D eigenvalue weighted by molar-refractivity contribution is 0.0954. The van der Waals surface area contributed by atoms with Gasteiger partial charge in [-0.25, -0.2) is 8.42 Å². The van der Waals surface area contributed by atoms with Gasteiger partial charge >= 0.3 is 0 Å². The Morgan fingerprint density at radius 1 is 0.943 bits per heavy atom. The van der Waals surface area contributed by atoms with Gasteiger partial charge in [0.25, 0.3) is 5.91 Å². The zero-order valence-corrected chi connectivity index (χ0v) is 22.6. The molecular formula is C25H26Cl2NO5PS. The van der Waals surface area contributed by atoms with Crippen LogP contribution in [0, 0.1) is 0 Å². The second-order valence-corrected chi connectivity index (χ2v) is 13.5. The van der Waals surface area contributed by atoms with E-state index in [1.165, 1.54) is 13.2 Å². The largest absolute Gasteiger partial charge is 0.352 e. The van der Waals surface area contributed by atoms with Gasteiger partial charge in [-0.3, -0.25) is 9.36 Å². The molecule has 1 atom stereocenters. The summed E-state index contributed by atoms with van der Waals surface area (Å²) in [6.45, 7) is 0.272. The topological polar surface area (TPSA) is 89.5 Å². The zero-order chi connectivity index (χ0) is 25.6. The summed E-state index contributed by atoms with van der Waals surface area (Å²) >= 11 is 12.8. The molecule has 1 amide bonds. The van der Waals surface area contributed by atoms with Crippen LogP contribution in [0.3, 0.4) is 0 Å². The minimum Gasteiger partial charge on any atom is -0.352 e. The molecule has 3 rings (SSSR count). The second kappa shape index (κ2) is 11.7. The smallest absolute Gasteiger partial charge is 0.254 e. The number of benzene rings is 3. The van der Waals surface area contributed by atoms with E-state index in [2.05, 4.69) is 5.32 Å². The Bertz CT molecular complexity index is 1340. The molecule has 1 N–H and O–H groups in total. The van der Waals surface area contributed by atoms with E-state index in [4.69, 9.17) is 27.7 Å². The van der Waals surface area contributed by atoms with E-state index in [1.807, 2.05) is 18.2 Å². The number of carbonyl (C=O) groups is 1. The lowest BCUT2D eigenvalue weighted by Gasteiger charge is -2.17. The van der Waals surface area contributed by atoms with E-state index in [9.17, 15) is 17.8 Å². The number of aryl methyl sites for hydroxylation is 1. The van der Waals surface area contributed by atoms with Crippen molar-refractivity contribution < 1.29 is 22.3 Å². The number of amides is 1. The monoisotopic (exact) mass is 553 g/mol. The first-order chi connectivity index (χ1) is 16.5. The number of hydrogen-bond donors (Lipinski definition) is 1. The Morgan fingerprint density at radius 3 is 2.20 bits per heavy atom. The Balaban J connectivity index is 1.65. The normalized spacial score (nSPS) is 13.3. The van der Waals surface area contributed by atoms with Gasteiger partial charge in [-0.2, -0.15) is 0 Å². The average Bonchev–Trinajstić information content (AvgIpc) is 2.82. The van der Waals surface area contributed by atoms with Crippen molar-refractivity contribution in [2.24, 2.45) is 0 Å². The number of carbonyl (C=O) groups excluding carboxylic acids is 1. The molecule has 0 aliphatic heterocycles. The van der Waals surface area contributed by atoms with Gasteiger partial charge in [0.2, 0.25) is 7.37 Å². The van der Waals surface area contributed by atoms with Crippen molar-refractivity contribution in [2.75, 3.05) is 26.1 Å². The Kier molecular flexibility index (Phi) is 9.19. The van der Waals surface area contributed by atoms with Crippen molar-refractivity contribution >= 4 is 51.6 Å². The second-order valence-electron chi connectivity index (χ2n) is 8.03. The van der Waals surface area contributed by atoms with Crippen LogP contribution in [-0.4, -0.2) is 40.4 Å². The Morgan fingerprint density at radius 2 is 1.60 bits per heavy atom.